The lowest BCUT2D eigenvalue weighted by molar-refractivity contribution is -0.167. The molecule has 1 aromatic carbocycles. The largest absolute Gasteiger partial charge is 0.481 e. The number of nitrogens with one attached hydrogen (secondary N) is 1. The van der Waals surface area contributed by atoms with Crippen molar-refractivity contribution in [2.24, 2.45) is 5.92 Å². The van der Waals surface area contributed by atoms with Crippen molar-refractivity contribution in [3.8, 4) is 0 Å². The van der Waals surface area contributed by atoms with Gasteiger partial charge in [-0.05, 0) is 30.5 Å². The van der Waals surface area contributed by atoms with Gasteiger partial charge in [-0.15, -0.1) is 0 Å². The first kappa shape index (κ1) is 16.0. The van der Waals surface area contributed by atoms with Crippen LogP contribution in [0, 0.1) is 5.92 Å². The maximum absolute atomic E-state index is 12.0. The minimum atomic E-state index is -4.94. The summed E-state index contributed by atoms with van der Waals surface area (Å²) in [5.74, 6) is -3.49. The molecular formula is C13H14F3NO3. The molecule has 0 aliphatic heterocycles. The number of hydrogen-bond acceptors (Lipinski definition) is 2. The zero-order valence-corrected chi connectivity index (χ0v) is 10.7. The van der Waals surface area contributed by atoms with Crippen LogP contribution in [0.1, 0.15) is 18.9 Å². The van der Waals surface area contributed by atoms with E-state index in [1.54, 1.807) is 12.2 Å². The molecule has 1 unspecified atom stereocenters. The SMILES string of the molecule is CCC(Cc1ccc(NC(=O)C(F)(F)F)cc1)C(=O)O. The van der Waals surface area contributed by atoms with Crippen LogP contribution >= 0.6 is 0 Å². The first-order chi connectivity index (χ1) is 9.24. The smallest absolute Gasteiger partial charge is 0.471 e. The minimum Gasteiger partial charge on any atom is -0.481 e. The highest BCUT2D eigenvalue weighted by molar-refractivity contribution is 5.94. The summed E-state index contributed by atoms with van der Waals surface area (Å²) in [4.78, 5) is 21.6. The molecule has 0 radical (unpaired) electrons. The second-order valence-electron chi connectivity index (χ2n) is 4.30. The van der Waals surface area contributed by atoms with E-state index in [4.69, 9.17) is 5.11 Å². The first-order valence-electron chi connectivity index (χ1n) is 5.94. The normalized spacial score (nSPS) is 12.8. The number of halogens is 3. The second-order valence-corrected chi connectivity index (χ2v) is 4.30. The van der Waals surface area contributed by atoms with Gasteiger partial charge >= 0.3 is 18.1 Å². The standard InChI is InChI=1S/C13H14F3NO3/c1-2-9(11(18)19)7-8-3-5-10(6-4-8)17-12(20)13(14,15)16/h3-6,9H,2,7H2,1H3,(H,17,20)(H,18,19). The van der Waals surface area contributed by atoms with E-state index in [0.717, 1.165) is 0 Å². The molecule has 1 aromatic rings. The van der Waals surface area contributed by atoms with Gasteiger partial charge in [-0.1, -0.05) is 19.1 Å². The summed E-state index contributed by atoms with van der Waals surface area (Å²) in [7, 11) is 0. The van der Waals surface area contributed by atoms with Gasteiger partial charge in [0.25, 0.3) is 0 Å². The fourth-order valence-corrected chi connectivity index (χ4v) is 1.62. The van der Waals surface area contributed by atoms with Gasteiger partial charge in [-0.2, -0.15) is 13.2 Å². The Balaban J connectivity index is 2.70. The van der Waals surface area contributed by atoms with E-state index >= 15 is 0 Å². The third kappa shape index (κ3) is 4.56. The number of amides is 1. The molecule has 110 valence electrons. The van der Waals surface area contributed by atoms with Crippen molar-refractivity contribution < 1.29 is 27.9 Å². The monoisotopic (exact) mass is 289 g/mol. The van der Waals surface area contributed by atoms with Crippen molar-refractivity contribution in [1.82, 2.24) is 0 Å². The highest BCUT2D eigenvalue weighted by Gasteiger charge is 2.38. The number of carboxylic acids is 1. The van der Waals surface area contributed by atoms with Gasteiger partial charge in [0.05, 0.1) is 5.92 Å². The number of rotatable bonds is 5. The number of hydrogen-bond donors (Lipinski definition) is 2. The van der Waals surface area contributed by atoms with Gasteiger partial charge in [0, 0.05) is 5.69 Å². The number of carboxylic acid groups (broad SMARTS) is 1. The van der Waals surface area contributed by atoms with E-state index in [2.05, 4.69) is 0 Å². The molecule has 0 fully saturated rings. The van der Waals surface area contributed by atoms with Crippen LogP contribution in [0.25, 0.3) is 0 Å². The zero-order valence-electron chi connectivity index (χ0n) is 10.7. The summed E-state index contributed by atoms with van der Waals surface area (Å²) in [6.45, 7) is 1.75. The Bertz CT molecular complexity index is 483. The Morgan fingerprint density at radius 1 is 1.25 bits per heavy atom. The third-order valence-corrected chi connectivity index (χ3v) is 2.79. The lowest BCUT2D eigenvalue weighted by Crippen LogP contribution is -2.29. The molecule has 7 heteroatoms. The summed E-state index contributed by atoms with van der Waals surface area (Å²) < 4.78 is 36.1. The Labute approximate surface area is 113 Å². The average Bonchev–Trinajstić information content (AvgIpc) is 2.36. The molecule has 1 rings (SSSR count). The number of anilines is 1. The van der Waals surface area contributed by atoms with Gasteiger partial charge in [0.2, 0.25) is 0 Å². The molecule has 0 saturated carbocycles. The minimum absolute atomic E-state index is 0.0134. The topological polar surface area (TPSA) is 66.4 Å². The molecule has 20 heavy (non-hydrogen) atoms. The molecule has 0 aromatic heterocycles. The number of benzene rings is 1. The van der Waals surface area contributed by atoms with E-state index in [0.29, 0.717) is 18.4 Å². The van der Waals surface area contributed by atoms with Crippen molar-refractivity contribution in [3.63, 3.8) is 0 Å². The highest BCUT2D eigenvalue weighted by Crippen LogP contribution is 2.19. The lowest BCUT2D eigenvalue weighted by atomic mass is 9.97. The number of carbonyl (C=O) groups is 2. The maximum Gasteiger partial charge on any atom is 0.471 e. The molecule has 4 nitrogen and oxygen atoms in total. The molecule has 1 atom stereocenters. The van der Waals surface area contributed by atoms with Crippen molar-refractivity contribution in [2.75, 3.05) is 5.32 Å². The molecule has 0 aliphatic rings. The molecular weight excluding hydrogens is 275 g/mol. The molecule has 0 aliphatic carbocycles. The summed E-state index contributed by atoms with van der Waals surface area (Å²) in [5.41, 5.74) is 0.698. The first-order valence-corrected chi connectivity index (χ1v) is 5.94. The van der Waals surface area contributed by atoms with Crippen molar-refractivity contribution >= 4 is 17.6 Å². The average molecular weight is 289 g/mol. The number of carbonyl (C=O) groups excluding carboxylic acids is 1. The summed E-state index contributed by atoms with van der Waals surface area (Å²) in [5, 5.41) is 10.6. The van der Waals surface area contributed by atoms with Crippen LogP contribution in [-0.4, -0.2) is 23.2 Å². The lowest BCUT2D eigenvalue weighted by Gasteiger charge is -2.11. The molecule has 2 N–H and O–H groups in total. The van der Waals surface area contributed by atoms with Crippen molar-refractivity contribution in [3.05, 3.63) is 29.8 Å². The molecule has 0 spiro atoms. The van der Waals surface area contributed by atoms with E-state index in [9.17, 15) is 22.8 Å². The fraction of sp³-hybridized carbons (Fsp3) is 0.385. The molecule has 0 bridgehead atoms. The van der Waals surface area contributed by atoms with Crippen molar-refractivity contribution in [2.45, 2.75) is 25.9 Å². The van der Waals surface area contributed by atoms with Crippen LogP contribution in [0.15, 0.2) is 24.3 Å². The third-order valence-electron chi connectivity index (χ3n) is 2.79. The van der Waals surface area contributed by atoms with Gasteiger partial charge in [0.1, 0.15) is 0 Å². The van der Waals surface area contributed by atoms with E-state index in [1.165, 1.54) is 24.3 Å². The van der Waals surface area contributed by atoms with E-state index in [1.807, 2.05) is 0 Å². The summed E-state index contributed by atoms with van der Waals surface area (Å²) >= 11 is 0. The highest BCUT2D eigenvalue weighted by atomic mass is 19.4. The van der Waals surface area contributed by atoms with Crippen LogP contribution in [0.5, 0.6) is 0 Å². The van der Waals surface area contributed by atoms with Gasteiger partial charge in [-0.25, -0.2) is 0 Å². The Morgan fingerprint density at radius 2 is 1.80 bits per heavy atom. The van der Waals surface area contributed by atoms with Crippen LogP contribution in [0.4, 0.5) is 18.9 Å². The Kier molecular flexibility index (Phi) is 5.12. The van der Waals surface area contributed by atoms with Crippen molar-refractivity contribution in [1.29, 1.82) is 0 Å². The number of alkyl halides is 3. The van der Waals surface area contributed by atoms with E-state index in [-0.39, 0.29) is 5.69 Å². The quantitative estimate of drug-likeness (QED) is 0.876. The zero-order chi connectivity index (χ0) is 15.3. The van der Waals surface area contributed by atoms with Gasteiger partial charge in [0.15, 0.2) is 0 Å². The Hall–Kier alpha value is -2.05. The van der Waals surface area contributed by atoms with Crippen LogP contribution in [0.3, 0.4) is 0 Å². The van der Waals surface area contributed by atoms with Gasteiger partial charge in [-0.3, -0.25) is 9.59 Å². The molecule has 1 amide bonds. The van der Waals surface area contributed by atoms with Crippen LogP contribution < -0.4 is 5.32 Å². The maximum atomic E-state index is 12.0. The fourth-order valence-electron chi connectivity index (χ4n) is 1.62. The number of aliphatic carboxylic acids is 1. The Morgan fingerprint density at radius 3 is 2.20 bits per heavy atom. The predicted octanol–water partition coefficient (Wildman–Crippen LogP) is 2.84. The predicted molar refractivity (Wildman–Crippen MR) is 66.2 cm³/mol. The van der Waals surface area contributed by atoms with Crippen LogP contribution in [0.2, 0.25) is 0 Å². The summed E-state index contributed by atoms with van der Waals surface area (Å²) in [6, 6.07) is 5.62. The summed E-state index contributed by atoms with van der Waals surface area (Å²) in [6.07, 6.45) is -4.18. The molecule has 0 saturated heterocycles. The molecule has 0 heterocycles. The van der Waals surface area contributed by atoms with E-state index < -0.39 is 24.0 Å². The van der Waals surface area contributed by atoms with Gasteiger partial charge < -0.3 is 10.4 Å². The second kappa shape index (κ2) is 6.40. The van der Waals surface area contributed by atoms with Crippen LogP contribution in [-0.2, 0) is 16.0 Å².